The second-order valence-electron chi connectivity index (χ2n) is 8.10. The van der Waals surface area contributed by atoms with Gasteiger partial charge in [0.2, 0.25) is 0 Å². The van der Waals surface area contributed by atoms with Gasteiger partial charge in [-0.1, -0.05) is 6.07 Å². The minimum Gasteiger partial charge on any atom is -0.310 e. The maximum absolute atomic E-state index is 12.9. The average Bonchev–Trinajstić information content (AvgIpc) is 3.17. The van der Waals surface area contributed by atoms with Crippen LogP contribution in [0.5, 0.6) is 0 Å². The minimum atomic E-state index is -4.56. The first kappa shape index (κ1) is 21.7. The van der Waals surface area contributed by atoms with Crippen molar-refractivity contribution in [3.05, 3.63) is 75.7 Å². The summed E-state index contributed by atoms with van der Waals surface area (Å²) in [5, 5.41) is 13.8. The largest absolute Gasteiger partial charge is 0.433 e. The first-order chi connectivity index (χ1) is 16.3. The quantitative estimate of drug-likeness (QED) is 0.488. The zero-order valence-corrected chi connectivity index (χ0v) is 17.8. The lowest BCUT2D eigenvalue weighted by Crippen LogP contribution is -2.28. The molecule has 9 nitrogen and oxygen atoms in total. The molecule has 1 aliphatic carbocycles. The van der Waals surface area contributed by atoms with Crippen LogP contribution in [0.2, 0.25) is 0 Å². The summed E-state index contributed by atoms with van der Waals surface area (Å²) in [5.74, 6) is 0.975. The summed E-state index contributed by atoms with van der Waals surface area (Å²) < 4.78 is 40.0. The number of H-pyrrole nitrogens is 1. The molecule has 34 heavy (non-hydrogen) atoms. The van der Waals surface area contributed by atoms with Crippen LogP contribution in [0.15, 0.2) is 41.6 Å². The zero-order chi connectivity index (χ0) is 24.0. The molecular formula is C22H17F3N8O. The Hall–Kier alpha value is -4.14. The van der Waals surface area contributed by atoms with E-state index < -0.39 is 23.5 Å². The van der Waals surface area contributed by atoms with Crippen LogP contribution in [0.25, 0.3) is 11.0 Å². The van der Waals surface area contributed by atoms with Crippen LogP contribution >= 0.6 is 0 Å². The third-order valence-electron chi connectivity index (χ3n) is 6.16. The van der Waals surface area contributed by atoms with E-state index in [0.717, 1.165) is 25.1 Å². The molecule has 4 aromatic rings. The van der Waals surface area contributed by atoms with E-state index in [1.807, 2.05) is 6.07 Å². The van der Waals surface area contributed by atoms with Gasteiger partial charge in [0.25, 0.3) is 5.56 Å². The molecule has 1 saturated carbocycles. The maximum atomic E-state index is 12.9. The molecule has 0 spiro atoms. The van der Waals surface area contributed by atoms with Crippen molar-refractivity contribution in [3.8, 4) is 6.07 Å². The summed E-state index contributed by atoms with van der Waals surface area (Å²) in [4.78, 5) is 32.5. The molecule has 0 amide bonds. The second kappa shape index (κ2) is 8.02. The predicted octanol–water partition coefficient (Wildman–Crippen LogP) is 3.47. The van der Waals surface area contributed by atoms with Gasteiger partial charge in [0.05, 0.1) is 6.04 Å². The van der Waals surface area contributed by atoms with Crippen molar-refractivity contribution in [1.29, 1.82) is 5.26 Å². The van der Waals surface area contributed by atoms with Crippen molar-refractivity contribution < 1.29 is 13.2 Å². The number of hydrogen-bond acceptors (Lipinski definition) is 7. The number of aromatic amines is 1. The summed E-state index contributed by atoms with van der Waals surface area (Å²) in [6, 6.07) is 5.17. The van der Waals surface area contributed by atoms with Gasteiger partial charge in [0, 0.05) is 30.4 Å². The van der Waals surface area contributed by atoms with Gasteiger partial charge in [-0.25, -0.2) is 19.6 Å². The molecule has 4 aromatic heterocycles. The number of rotatable bonds is 4. The summed E-state index contributed by atoms with van der Waals surface area (Å²) >= 11 is 0. The fourth-order valence-corrected chi connectivity index (χ4v) is 4.19. The molecule has 1 fully saturated rings. The Balaban J connectivity index is 1.57. The van der Waals surface area contributed by atoms with E-state index in [0.29, 0.717) is 17.2 Å². The predicted molar refractivity (Wildman–Crippen MR) is 113 cm³/mol. The molecule has 0 unspecified atom stereocenters. The molecule has 3 atom stereocenters. The number of nitrogens with one attached hydrogen (secondary N) is 1. The van der Waals surface area contributed by atoms with E-state index in [-0.39, 0.29) is 28.6 Å². The summed E-state index contributed by atoms with van der Waals surface area (Å²) in [7, 11) is 0. The molecule has 4 heterocycles. The molecule has 0 aromatic carbocycles. The minimum absolute atomic E-state index is 0.00912. The highest BCUT2D eigenvalue weighted by atomic mass is 19.4. The summed E-state index contributed by atoms with van der Waals surface area (Å²) in [6.45, 7) is 1.68. The van der Waals surface area contributed by atoms with Crippen molar-refractivity contribution in [3.63, 3.8) is 0 Å². The van der Waals surface area contributed by atoms with E-state index in [2.05, 4.69) is 30.0 Å². The van der Waals surface area contributed by atoms with Gasteiger partial charge in [0.15, 0.2) is 11.3 Å². The Bertz CT molecular complexity index is 1450. The molecule has 0 bridgehead atoms. The van der Waals surface area contributed by atoms with Crippen LogP contribution in [0.4, 0.5) is 13.2 Å². The number of aromatic nitrogens is 7. The number of hydrogen-bond donors (Lipinski definition) is 1. The molecule has 0 saturated heterocycles. The number of pyridine rings is 1. The highest BCUT2D eigenvalue weighted by Crippen LogP contribution is 2.46. The smallest absolute Gasteiger partial charge is 0.310 e. The molecular weight excluding hydrogens is 449 g/mol. The summed E-state index contributed by atoms with van der Waals surface area (Å²) in [5.41, 5.74) is -1.02. The molecule has 1 aliphatic rings. The van der Waals surface area contributed by atoms with Crippen LogP contribution in [-0.4, -0.2) is 34.7 Å². The third-order valence-corrected chi connectivity index (χ3v) is 6.16. The van der Waals surface area contributed by atoms with Gasteiger partial charge in [0.1, 0.15) is 28.8 Å². The van der Waals surface area contributed by atoms with Gasteiger partial charge >= 0.3 is 6.18 Å². The van der Waals surface area contributed by atoms with Crippen molar-refractivity contribution in [2.75, 3.05) is 0 Å². The first-order valence-electron chi connectivity index (χ1n) is 10.5. The van der Waals surface area contributed by atoms with E-state index in [1.54, 1.807) is 25.4 Å². The Morgan fingerprint density at radius 1 is 1.18 bits per heavy atom. The van der Waals surface area contributed by atoms with E-state index in [9.17, 15) is 23.2 Å². The Kier molecular flexibility index (Phi) is 5.11. The Labute approximate surface area is 190 Å². The normalized spacial score (nSPS) is 18.9. The number of alkyl halides is 3. The van der Waals surface area contributed by atoms with E-state index in [1.165, 1.54) is 10.7 Å². The Morgan fingerprint density at radius 2 is 1.91 bits per heavy atom. The standard InChI is InChI=1S/C22H17F3N8O/c1-11(12-3-6-16(29-10-12)22(23,24)25)33-20-17(15(9-26)32-33)21(34)31-19(30-20)14-5-4-13(14)18-27-7-2-8-28-18/h2-3,6-8,10-11,13-14H,4-5H2,1H3,(H,30,31,34)/t11-,13-,14-/m0/s1. The fraction of sp³-hybridized carbons (Fsp3) is 0.318. The molecule has 172 valence electrons. The lowest BCUT2D eigenvalue weighted by molar-refractivity contribution is -0.141. The third kappa shape index (κ3) is 3.59. The molecule has 12 heteroatoms. The highest BCUT2D eigenvalue weighted by Gasteiger charge is 2.38. The second-order valence-corrected chi connectivity index (χ2v) is 8.10. The number of halogens is 3. The average molecular weight is 466 g/mol. The first-order valence-corrected chi connectivity index (χ1v) is 10.5. The zero-order valence-electron chi connectivity index (χ0n) is 17.8. The lowest BCUT2D eigenvalue weighted by Gasteiger charge is -2.34. The molecule has 1 N–H and O–H groups in total. The van der Waals surface area contributed by atoms with Crippen molar-refractivity contribution in [1.82, 2.24) is 34.7 Å². The summed E-state index contributed by atoms with van der Waals surface area (Å²) in [6.07, 6.45) is 1.48. The van der Waals surface area contributed by atoms with Crippen molar-refractivity contribution in [2.24, 2.45) is 0 Å². The van der Waals surface area contributed by atoms with Crippen LogP contribution in [0.3, 0.4) is 0 Å². The van der Waals surface area contributed by atoms with Crippen molar-refractivity contribution in [2.45, 2.75) is 43.8 Å². The fourth-order valence-electron chi connectivity index (χ4n) is 4.19. The maximum Gasteiger partial charge on any atom is 0.433 e. The lowest BCUT2D eigenvalue weighted by atomic mass is 9.72. The molecule has 5 rings (SSSR count). The van der Waals surface area contributed by atoms with Crippen LogP contribution in [0.1, 0.15) is 66.2 Å². The number of fused-ring (bicyclic) bond motifs is 1. The molecule has 0 radical (unpaired) electrons. The topological polar surface area (TPSA) is 126 Å². The molecule has 0 aliphatic heterocycles. The van der Waals surface area contributed by atoms with E-state index in [4.69, 9.17) is 0 Å². The monoisotopic (exact) mass is 466 g/mol. The van der Waals surface area contributed by atoms with Crippen molar-refractivity contribution >= 4 is 11.0 Å². The van der Waals surface area contributed by atoms with Crippen LogP contribution in [0, 0.1) is 11.3 Å². The highest BCUT2D eigenvalue weighted by molar-refractivity contribution is 5.80. The van der Waals surface area contributed by atoms with E-state index >= 15 is 0 Å². The number of nitrogens with zero attached hydrogens (tertiary/aromatic N) is 7. The van der Waals surface area contributed by atoms with Gasteiger partial charge in [-0.15, -0.1) is 0 Å². The van der Waals surface area contributed by atoms with Gasteiger partial charge < -0.3 is 4.98 Å². The number of nitriles is 1. The van der Waals surface area contributed by atoms with Crippen LogP contribution in [-0.2, 0) is 6.18 Å². The SMILES string of the molecule is C[C@@H](c1ccc(C(F)(F)F)nc1)n1nc(C#N)c2c(=O)[nH]c([C@H]3CC[C@@H]3c3ncccn3)nc21. The van der Waals surface area contributed by atoms with Gasteiger partial charge in [-0.05, 0) is 37.5 Å². The van der Waals surface area contributed by atoms with Gasteiger partial charge in [-0.3, -0.25) is 9.78 Å². The van der Waals surface area contributed by atoms with Crippen LogP contribution < -0.4 is 5.56 Å². The Morgan fingerprint density at radius 3 is 2.50 bits per heavy atom. The van der Waals surface area contributed by atoms with Gasteiger partial charge in [-0.2, -0.15) is 23.5 Å².